The van der Waals surface area contributed by atoms with Gasteiger partial charge in [0.05, 0.1) is 11.9 Å². The van der Waals surface area contributed by atoms with E-state index >= 15 is 0 Å². The molecule has 21 heavy (non-hydrogen) atoms. The van der Waals surface area contributed by atoms with Crippen molar-refractivity contribution in [2.45, 2.75) is 0 Å². The number of benzene rings is 1. The fourth-order valence-corrected chi connectivity index (χ4v) is 2.08. The van der Waals surface area contributed by atoms with E-state index in [1.54, 1.807) is 30.2 Å². The van der Waals surface area contributed by atoms with Crippen LogP contribution < -0.4 is 0 Å². The first-order chi connectivity index (χ1) is 10.0. The third kappa shape index (κ3) is 2.71. The number of hydrogen-bond donors (Lipinski definition) is 1. The number of phenols is 1. The Bertz CT molecular complexity index is 818. The number of rotatable bonds is 2. The number of nitrogens with zero attached hydrogens (tertiary/aromatic N) is 4. The number of halogens is 2. The molecule has 0 aliphatic rings. The molecule has 0 saturated carbocycles. The molecular weight excluding hydrogens is 295 g/mol. The van der Waals surface area contributed by atoms with E-state index in [9.17, 15) is 9.50 Å². The second-order valence-electron chi connectivity index (χ2n) is 4.47. The largest absolute Gasteiger partial charge is 0.505 e. The Kier molecular flexibility index (Phi) is 3.31. The number of aromatic nitrogens is 4. The van der Waals surface area contributed by atoms with Crippen LogP contribution >= 0.6 is 11.6 Å². The topological polar surface area (TPSA) is 63.8 Å². The van der Waals surface area contributed by atoms with Gasteiger partial charge in [-0.3, -0.25) is 4.68 Å². The van der Waals surface area contributed by atoms with Gasteiger partial charge in [0.2, 0.25) is 0 Å². The molecule has 0 spiro atoms. The summed E-state index contributed by atoms with van der Waals surface area (Å²) in [4.78, 5) is 8.45. The summed E-state index contributed by atoms with van der Waals surface area (Å²) in [5.41, 5.74) is 1.80. The van der Waals surface area contributed by atoms with Crippen LogP contribution in [0.4, 0.5) is 4.39 Å². The molecule has 0 aliphatic heterocycles. The first kappa shape index (κ1) is 13.5. The summed E-state index contributed by atoms with van der Waals surface area (Å²) in [5, 5.41) is 13.5. The van der Waals surface area contributed by atoms with Gasteiger partial charge in [-0.25, -0.2) is 14.4 Å². The lowest BCUT2D eigenvalue weighted by Gasteiger charge is -2.05. The summed E-state index contributed by atoms with van der Waals surface area (Å²) >= 11 is 6.01. The van der Waals surface area contributed by atoms with Crippen LogP contribution in [0.5, 0.6) is 5.75 Å². The smallest absolute Gasteiger partial charge is 0.165 e. The molecule has 2 heterocycles. The summed E-state index contributed by atoms with van der Waals surface area (Å²) in [6.45, 7) is 0. The first-order valence-corrected chi connectivity index (χ1v) is 6.43. The fraction of sp³-hybridized carbons (Fsp3) is 0.0714. The minimum atomic E-state index is -0.737. The molecule has 0 aliphatic carbocycles. The second-order valence-corrected chi connectivity index (χ2v) is 4.86. The van der Waals surface area contributed by atoms with E-state index in [4.69, 9.17) is 11.6 Å². The monoisotopic (exact) mass is 304 g/mol. The summed E-state index contributed by atoms with van der Waals surface area (Å²) in [5.74, 6) is -0.882. The van der Waals surface area contributed by atoms with Gasteiger partial charge in [-0.15, -0.1) is 0 Å². The molecule has 0 unspecified atom stereocenters. The highest BCUT2D eigenvalue weighted by atomic mass is 35.5. The van der Waals surface area contributed by atoms with E-state index in [0.717, 1.165) is 11.6 Å². The average molecular weight is 305 g/mol. The highest BCUT2D eigenvalue weighted by Gasteiger charge is 2.11. The lowest BCUT2D eigenvalue weighted by Crippen LogP contribution is -1.93. The van der Waals surface area contributed by atoms with Crippen molar-refractivity contribution in [3.63, 3.8) is 0 Å². The van der Waals surface area contributed by atoms with Crippen molar-refractivity contribution in [1.82, 2.24) is 19.7 Å². The Hall–Kier alpha value is -2.47. The fourth-order valence-electron chi connectivity index (χ4n) is 1.89. The number of hydrogen-bond acceptors (Lipinski definition) is 4. The van der Waals surface area contributed by atoms with Gasteiger partial charge in [0.15, 0.2) is 17.4 Å². The summed E-state index contributed by atoms with van der Waals surface area (Å²) < 4.78 is 15.1. The third-order valence-corrected chi connectivity index (χ3v) is 3.10. The summed E-state index contributed by atoms with van der Waals surface area (Å²) in [6.07, 6.45) is 3.44. The van der Waals surface area contributed by atoms with Gasteiger partial charge in [-0.05, 0) is 18.2 Å². The van der Waals surface area contributed by atoms with Crippen molar-refractivity contribution in [3.8, 4) is 28.4 Å². The Morgan fingerprint density at radius 2 is 2.00 bits per heavy atom. The summed E-state index contributed by atoms with van der Waals surface area (Å²) in [7, 11) is 1.79. The predicted octanol–water partition coefficient (Wildman–Crippen LogP) is 3.04. The molecule has 1 aromatic carbocycles. The van der Waals surface area contributed by atoms with E-state index < -0.39 is 11.6 Å². The van der Waals surface area contributed by atoms with Crippen LogP contribution in [0.25, 0.3) is 22.6 Å². The molecule has 1 N–H and O–H groups in total. The maximum absolute atomic E-state index is 13.4. The maximum Gasteiger partial charge on any atom is 0.165 e. The van der Waals surface area contributed by atoms with Crippen molar-refractivity contribution in [3.05, 3.63) is 47.6 Å². The van der Waals surface area contributed by atoms with E-state index in [0.29, 0.717) is 11.3 Å². The lowest BCUT2D eigenvalue weighted by atomic mass is 10.2. The Morgan fingerprint density at radius 3 is 2.67 bits per heavy atom. The molecule has 0 fully saturated rings. The van der Waals surface area contributed by atoms with Crippen LogP contribution in [0.1, 0.15) is 0 Å². The Balaban J connectivity index is 2.11. The zero-order chi connectivity index (χ0) is 15.0. The van der Waals surface area contributed by atoms with E-state index in [-0.39, 0.29) is 11.0 Å². The minimum absolute atomic E-state index is 0.243. The van der Waals surface area contributed by atoms with Gasteiger partial charge >= 0.3 is 0 Å². The number of phenolic OH excluding ortho intramolecular Hbond substituents is 1. The first-order valence-electron chi connectivity index (χ1n) is 6.05. The maximum atomic E-state index is 13.4. The molecule has 0 radical (unpaired) electrons. The SMILES string of the molecule is Cn1cc(-c2cc(Cl)nc(-c3ccc(O)c(F)c3)n2)cn1. The molecule has 3 rings (SSSR count). The molecule has 0 saturated heterocycles. The molecular formula is C14H10ClFN4O. The quantitative estimate of drug-likeness (QED) is 0.739. The highest BCUT2D eigenvalue weighted by molar-refractivity contribution is 6.29. The molecule has 3 aromatic rings. The van der Waals surface area contributed by atoms with Crippen LogP contribution in [0, 0.1) is 5.82 Å². The number of aromatic hydroxyl groups is 1. The average Bonchev–Trinajstić information content (AvgIpc) is 2.88. The van der Waals surface area contributed by atoms with E-state index in [1.165, 1.54) is 12.1 Å². The molecule has 5 nitrogen and oxygen atoms in total. The normalized spacial score (nSPS) is 10.8. The predicted molar refractivity (Wildman–Crippen MR) is 76.3 cm³/mol. The molecule has 7 heteroatoms. The van der Waals surface area contributed by atoms with Crippen LogP contribution in [0.15, 0.2) is 36.7 Å². The van der Waals surface area contributed by atoms with Crippen LogP contribution in [-0.4, -0.2) is 24.9 Å². The van der Waals surface area contributed by atoms with Crippen molar-refractivity contribution >= 4 is 11.6 Å². The van der Waals surface area contributed by atoms with Gasteiger partial charge in [-0.1, -0.05) is 11.6 Å². The lowest BCUT2D eigenvalue weighted by molar-refractivity contribution is 0.432. The van der Waals surface area contributed by atoms with E-state index in [2.05, 4.69) is 15.1 Å². The van der Waals surface area contributed by atoms with Gasteiger partial charge in [0, 0.05) is 30.4 Å². The Morgan fingerprint density at radius 1 is 1.19 bits per heavy atom. The standard InChI is InChI=1S/C14H10ClFN4O/c1-20-7-9(6-17-20)11-5-13(15)19-14(18-11)8-2-3-12(21)10(16)4-8/h2-7,21H,1H3. The zero-order valence-corrected chi connectivity index (χ0v) is 11.7. The van der Waals surface area contributed by atoms with Gasteiger partial charge in [0.1, 0.15) is 5.15 Å². The van der Waals surface area contributed by atoms with Crippen molar-refractivity contribution in [1.29, 1.82) is 0 Å². The zero-order valence-electron chi connectivity index (χ0n) is 11.0. The highest BCUT2D eigenvalue weighted by Crippen LogP contribution is 2.26. The Labute approximate surface area is 124 Å². The van der Waals surface area contributed by atoms with Crippen LogP contribution in [0.2, 0.25) is 5.15 Å². The van der Waals surface area contributed by atoms with Crippen LogP contribution in [0.3, 0.4) is 0 Å². The molecule has 0 atom stereocenters. The van der Waals surface area contributed by atoms with E-state index in [1.807, 2.05) is 0 Å². The van der Waals surface area contributed by atoms with Crippen molar-refractivity contribution < 1.29 is 9.50 Å². The van der Waals surface area contributed by atoms with Crippen molar-refractivity contribution in [2.24, 2.45) is 7.05 Å². The van der Waals surface area contributed by atoms with Gasteiger partial charge < -0.3 is 5.11 Å². The third-order valence-electron chi connectivity index (χ3n) is 2.90. The molecule has 0 bridgehead atoms. The molecule has 106 valence electrons. The van der Waals surface area contributed by atoms with Crippen molar-refractivity contribution in [2.75, 3.05) is 0 Å². The van der Waals surface area contributed by atoms with Gasteiger partial charge in [-0.2, -0.15) is 5.10 Å². The molecule has 0 amide bonds. The molecule has 2 aromatic heterocycles. The number of aryl methyl sites for hydroxylation is 1. The van der Waals surface area contributed by atoms with Crippen LogP contribution in [-0.2, 0) is 7.05 Å². The van der Waals surface area contributed by atoms with Gasteiger partial charge in [0.25, 0.3) is 0 Å². The summed E-state index contributed by atoms with van der Waals surface area (Å²) in [6, 6.07) is 5.54. The second kappa shape index (κ2) is 5.14. The minimum Gasteiger partial charge on any atom is -0.505 e.